The predicted molar refractivity (Wildman–Crippen MR) is 152 cm³/mol. The van der Waals surface area contributed by atoms with Crippen LogP contribution in [0.25, 0.3) is 11.5 Å². The van der Waals surface area contributed by atoms with Crippen LogP contribution >= 0.6 is 0 Å². The molecule has 2 aromatic rings. The van der Waals surface area contributed by atoms with Gasteiger partial charge in [0, 0.05) is 68.0 Å². The summed E-state index contributed by atoms with van der Waals surface area (Å²) in [6.07, 6.45) is 7.80. The molecule has 8 heteroatoms. The fraction of sp³-hybridized carbons (Fsp3) is 0.516. The molecule has 3 aliphatic heterocycles. The van der Waals surface area contributed by atoms with Crippen molar-refractivity contribution in [3.8, 4) is 5.75 Å². The van der Waals surface area contributed by atoms with Crippen molar-refractivity contribution >= 4 is 11.5 Å². The smallest absolute Gasteiger partial charge is 0.168 e. The first-order valence-corrected chi connectivity index (χ1v) is 14.2. The summed E-state index contributed by atoms with van der Waals surface area (Å²) in [5.41, 5.74) is 3.91. The molecule has 0 N–H and O–H groups in total. The average molecular weight is 538 g/mol. The minimum absolute atomic E-state index is 0.0512. The molecule has 39 heavy (non-hydrogen) atoms. The van der Waals surface area contributed by atoms with Crippen molar-refractivity contribution < 1.29 is 13.5 Å². The molecule has 2 fully saturated rings. The number of benzene rings is 1. The van der Waals surface area contributed by atoms with Crippen LogP contribution in [-0.2, 0) is 0 Å². The van der Waals surface area contributed by atoms with E-state index in [1.165, 1.54) is 12.5 Å². The van der Waals surface area contributed by atoms with Crippen molar-refractivity contribution in [2.24, 2.45) is 5.92 Å². The fourth-order valence-corrected chi connectivity index (χ4v) is 6.04. The normalized spacial score (nSPS) is 23.7. The third kappa shape index (κ3) is 5.70. The average Bonchev–Trinajstić information content (AvgIpc) is 3.52. The van der Waals surface area contributed by atoms with Crippen molar-refractivity contribution in [2.75, 3.05) is 39.8 Å². The van der Waals surface area contributed by atoms with E-state index in [0.29, 0.717) is 23.8 Å². The van der Waals surface area contributed by atoms with Crippen molar-refractivity contribution in [1.29, 1.82) is 0 Å². The predicted octanol–water partition coefficient (Wildman–Crippen LogP) is 6.43. The van der Waals surface area contributed by atoms with E-state index in [0.717, 1.165) is 87.3 Å². The first-order chi connectivity index (χ1) is 18.7. The number of hydrogen-bond donors (Lipinski definition) is 0. The first kappa shape index (κ1) is 27.3. The maximum atomic E-state index is 15.0. The van der Waals surface area contributed by atoms with Crippen molar-refractivity contribution in [3.05, 3.63) is 71.7 Å². The lowest BCUT2D eigenvalue weighted by atomic mass is 9.96. The number of hydrogen-bond acceptors (Lipinski definition) is 5. The highest BCUT2D eigenvalue weighted by atomic mass is 19.1. The number of piperidine rings is 1. The van der Waals surface area contributed by atoms with Gasteiger partial charge in [0.1, 0.15) is 11.6 Å². The maximum Gasteiger partial charge on any atom is 0.168 e. The molecule has 6 nitrogen and oxygen atoms in total. The molecule has 2 bridgehead atoms. The van der Waals surface area contributed by atoms with Crippen LogP contribution in [0.1, 0.15) is 68.4 Å². The lowest BCUT2D eigenvalue weighted by molar-refractivity contribution is 0.224. The Morgan fingerprint density at radius 1 is 1.08 bits per heavy atom. The molecular weight excluding hydrogens is 496 g/mol. The second kappa shape index (κ2) is 11.4. The molecule has 1 aromatic carbocycles. The second-order valence-corrected chi connectivity index (χ2v) is 11.3. The summed E-state index contributed by atoms with van der Waals surface area (Å²) in [7, 11) is 2.08. The zero-order valence-electron chi connectivity index (χ0n) is 23.6. The molecule has 0 amide bonds. The Kier molecular flexibility index (Phi) is 8.01. The van der Waals surface area contributed by atoms with Gasteiger partial charge >= 0.3 is 0 Å². The standard InChI is InChI=1S/C31H41F2N5O/c1-21-11-14-36(20-21)22(2)17-30-35(5)12-8-9-15-39-31-26(18-25(32)19-27(31)33)24(4)37-13-7-6-10-29(37)28-16-23(3)38(30)34-28/h16-19,21,29H,2,4,6-15,20H2,1,3,5H3/b30-17-/t21-,29?/m0/s1. The summed E-state index contributed by atoms with van der Waals surface area (Å²) < 4.78 is 37.3. The van der Waals surface area contributed by atoms with E-state index in [2.05, 4.69) is 60.9 Å². The zero-order valence-corrected chi connectivity index (χ0v) is 23.6. The number of allylic oxidation sites excluding steroid dienone is 1. The van der Waals surface area contributed by atoms with Gasteiger partial charge in [-0.05, 0) is 63.5 Å². The molecule has 210 valence electrons. The molecule has 1 unspecified atom stereocenters. The molecule has 4 heterocycles. The lowest BCUT2D eigenvalue weighted by Crippen LogP contribution is -2.32. The van der Waals surface area contributed by atoms with Crippen molar-refractivity contribution in [1.82, 2.24) is 24.5 Å². The third-order valence-corrected chi connectivity index (χ3v) is 8.28. The minimum atomic E-state index is -0.693. The van der Waals surface area contributed by atoms with E-state index in [9.17, 15) is 8.78 Å². The van der Waals surface area contributed by atoms with E-state index in [4.69, 9.17) is 9.84 Å². The fourth-order valence-electron chi connectivity index (χ4n) is 6.04. The Morgan fingerprint density at radius 2 is 1.87 bits per heavy atom. The number of fused-ring (bicyclic) bond motifs is 5. The van der Waals surface area contributed by atoms with Crippen LogP contribution in [0.4, 0.5) is 8.78 Å². The van der Waals surface area contributed by atoms with E-state index in [1.807, 2.05) is 4.68 Å². The van der Waals surface area contributed by atoms with Crippen LogP contribution in [0, 0.1) is 24.5 Å². The largest absolute Gasteiger partial charge is 0.490 e. The third-order valence-electron chi connectivity index (χ3n) is 8.28. The number of aryl methyl sites for hydroxylation is 1. The van der Waals surface area contributed by atoms with Gasteiger partial charge in [-0.15, -0.1) is 0 Å². The highest BCUT2D eigenvalue weighted by molar-refractivity contribution is 5.68. The van der Waals surface area contributed by atoms with E-state index in [-0.39, 0.29) is 11.8 Å². The second-order valence-electron chi connectivity index (χ2n) is 11.3. The number of rotatable bonds is 2. The van der Waals surface area contributed by atoms with E-state index >= 15 is 0 Å². The van der Waals surface area contributed by atoms with Crippen molar-refractivity contribution in [3.63, 3.8) is 0 Å². The molecule has 0 saturated carbocycles. The summed E-state index contributed by atoms with van der Waals surface area (Å²) in [6.45, 7) is 17.0. The van der Waals surface area contributed by atoms with Gasteiger partial charge in [0.15, 0.2) is 11.6 Å². The van der Waals surface area contributed by atoms with Crippen LogP contribution in [0.3, 0.4) is 0 Å². The molecule has 0 aliphatic carbocycles. The van der Waals surface area contributed by atoms with Gasteiger partial charge in [-0.1, -0.05) is 20.1 Å². The molecule has 1 aromatic heterocycles. The molecule has 2 saturated heterocycles. The molecule has 3 aliphatic rings. The van der Waals surface area contributed by atoms with Gasteiger partial charge in [-0.2, -0.15) is 5.10 Å². The molecule has 2 atom stereocenters. The Labute approximate surface area is 231 Å². The summed E-state index contributed by atoms with van der Waals surface area (Å²) >= 11 is 0. The Morgan fingerprint density at radius 3 is 2.64 bits per heavy atom. The maximum absolute atomic E-state index is 15.0. The number of nitrogens with zero attached hydrogens (tertiary/aromatic N) is 5. The number of aromatic nitrogens is 2. The minimum Gasteiger partial charge on any atom is -0.490 e. The Bertz CT molecular complexity index is 1270. The zero-order chi connectivity index (χ0) is 27.7. The van der Waals surface area contributed by atoms with Gasteiger partial charge in [0.2, 0.25) is 0 Å². The number of likely N-dealkylation sites (tertiary alicyclic amines) is 1. The van der Waals surface area contributed by atoms with Crippen LogP contribution in [-0.4, -0.2) is 64.3 Å². The van der Waals surface area contributed by atoms with Crippen LogP contribution < -0.4 is 4.74 Å². The number of halogens is 2. The summed E-state index contributed by atoms with van der Waals surface area (Å²) in [5.74, 6) is 0.397. The van der Waals surface area contributed by atoms with Gasteiger partial charge < -0.3 is 19.4 Å². The van der Waals surface area contributed by atoms with E-state index < -0.39 is 11.6 Å². The topological polar surface area (TPSA) is 36.8 Å². The quantitative estimate of drug-likeness (QED) is 0.442. The van der Waals surface area contributed by atoms with Gasteiger partial charge in [-0.25, -0.2) is 13.5 Å². The monoisotopic (exact) mass is 537 g/mol. The van der Waals surface area contributed by atoms with Gasteiger partial charge in [0.25, 0.3) is 0 Å². The summed E-state index contributed by atoms with van der Waals surface area (Å²) in [4.78, 5) is 6.72. The van der Waals surface area contributed by atoms with Crippen LogP contribution in [0.15, 0.2) is 43.1 Å². The van der Waals surface area contributed by atoms with Crippen molar-refractivity contribution in [2.45, 2.75) is 58.4 Å². The highest BCUT2D eigenvalue weighted by Gasteiger charge is 2.31. The Hall–Kier alpha value is -3.29. The van der Waals surface area contributed by atoms with Crippen LogP contribution in [0.5, 0.6) is 5.75 Å². The number of ether oxygens (including phenoxy) is 1. The summed E-state index contributed by atoms with van der Waals surface area (Å²) in [6, 6.07) is 4.31. The lowest BCUT2D eigenvalue weighted by Gasteiger charge is -2.38. The van der Waals surface area contributed by atoms with E-state index in [1.54, 1.807) is 0 Å². The van der Waals surface area contributed by atoms with Gasteiger partial charge in [-0.3, -0.25) is 0 Å². The highest BCUT2D eigenvalue weighted by Crippen LogP contribution is 2.40. The molecule has 0 radical (unpaired) electrons. The molecule has 5 rings (SSSR count). The van der Waals surface area contributed by atoms with Crippen LogP contribution in [0.2, 0.25) is 0 Å². The Balaban J connectivity index is 1.56. The summed E-state index contributed by atoms with van der Waals surface area (Å²) in [5, 5.41) is 5.14. The molecular formula is C31H41F2N5O. The molecule has 0 spiro atoms. The van der Waals surface area contributed by atoms with Gasteiger partial charge in [0.05, 0.1) is 18.3 Å². The SMILES string of the molecule is C=C(/C=C1/N(C)CCCCOc2c(F)cc(F)cc2C(=C)N2CCCCC2c2cc(C)n1n2)N1CC[C@H](C)C1. The first-order valence-electron chi connectivity index (χ1n) is 14.2.